The van der Waals surface area contributed by atoms with Gasteiger partial charge in [0.2, 0.25) is 0 Å². The van der Waals surface area contributed by atoms with E-state index in [2.05, 4.69) is 41.8 Å². The number of aliphatic hydroxyl groups is 1. The van der Waals surface area contributed by atoms with Crippen LogP contribution in [0.15, 0.2) is 67.3 Å². The Morgan fingerprint density at radius 1 is 1.07 bits per heavy atom. The van der Waals surface area contributed by atoms with Crippen LogP contribution in [-0.2, 0) is 12.8 Å². The van der Waals surface area contributed by atoms with Crippen LogP contribution in [0, 0.1) is 5.92 Å². The van der Waals surface area contributed by atoms with Crippen LogP contribution < -0.4 is 4.74 Å². The third kappa shape index (κ3) is 6.23. The molecule has 0 aromatic heterocycles. The number of para-hydroxylation sites is 1. The Balaban J connectivity index is 1.39. The quantitative estimate of drug-likeness (QED) is 0.679. The maximum Gasteiger partial charge on any atom is 0.122 e. The molecule has 1 fully saturated rings. The van der Waals surface area contributed by atoms with Crippen molar-refractivity contribution in [2.75, 3.05) is 26.2 Å². The highest BCUT2D eigenvalue weighted by atomic mass is 16.5. The molecule has 0 unspecified atom stereocenters. The number of aliphatic hydroxyl groups excluding tert-OH is 1. The van der Waals surface area contributed by atoms with Crippen molar-refractivity contribution in [2.45, 2.75) is 31.8 Å². The number of likely N-dealkylation sites (tertiary alicyclic amines) is 1. The van der Waals surface area contributed by atoms with Crippen LogP contribution in [0.5, 0.6) is 5.75 Å². The molecule has 0 spiro atoms. The van der Waals surface area contributed by atoms with E-state index in [1.54, 1.807) is 0 Å². The van der Waals surface area contributed by atoms with Crippen LogP contribution in [0.2, 0.25) is 0 Å². The highest BCUT2D eigenvalue weighted by Crippen LogP contribution is 2.22. The Bertz CT molecular complexity index is 693. The van der Waals surface area contributed by atoms with Gasteiger partial charge in [0, 0.05) is 6.54 Å². The summed E-state index contributed by atoms with van der Waals surface area (Å²) in [5.74, 6) is 1.60. The zero-order chi connectivity index (χ0) is 18.9. The molecule has 1 saturated heterocycles. The van der Waals surface area contributed by atoms with Gasteiger partial charge < -0.3 is 14.7 Å². The van der Waals surface area contributed by atoms with E-state index in [1.165, 1.54) is 24.8 Å². The van der Waals surface area contributed by atoms with Gasteiger partial charge in [0.05, 0.1) is 0 Å². The van der Waals surface area contributed by atoms with Crippen LogP contribution in [-0.4, -0.2) is 42.4 Å². The van der Waals surface area contributed by atoms with Crippen molar-refractivity contribution in [1.29, 1.82) is 0 Å². The molecule has 3 nitrogen and oxygen atoms in total. The fourth-order valence-corrected chi connectivity index (χ4v) is 3.83. The van der Waals surface area contributed by atoms with Crippen LogP contribution in [0.25, 0.3) is 0 Å². The minimum atomic E-state index is -0.465. The van der Waals surface area contributed by atoms with Gasteiger partial charge in [0.1, 0.15) is 18.5 Å². The number of rotatable bonds is 9. The van der Waals surface area contributed by atoms with Crippen LogP contribution >= 0.6 is 0 Å². The lowest BCUT2D eigenvalue weighted by Crippen LogP contribution is -2.41. The molecular weight excluding hydrogens is 334 g/mol. The summed E-state index contributed by atoms with van der Waals surface area (Å²) < 4.78 is 5.87. The van der Waals surface area contributed by atoms with Gasteiger partial charge in [-0.1, -0.05) is 54.6 Å². The number of β-amino-alcohol motifs (C(OH)–C–C–N with tert-alkyl or cyclic N) is 1. The van der Waals surface area contributed by atoms with E-state index in [4.69, 9.17) is 4.74 Å². The molecule has 0 aliphatic carbocycles. The number of hydrogen-bond donors (Lipinski definition) is 1. The molecule has 0 radical (unpaired) electrons. The van der Waals surface area contributed by atoms with Crippen molar-refractivity contribution >= 4 is 0 Å². The molecule has 0 amide bonds. The minimum absolute atomic E-state index is 0.331. The zero-order valence-electron chi connectivity index (χ0n) is 16.1. The zero-order valence-corrected chi connectivity index (χ0v) is 16.1. The Morgan fingerprint density at radius 2 is 1.78 bits per heavy atom. The highest BCUT2D eigenvalue weighted by Gasteiger charge is 2.21. The third-order valence-corrected chi connectivity index (χ3v) is 5.31. The van der Waals surface area contributed by atoms with Crippen LogP contribution in [0.3, 0.4) is 0 Å². The second-order valence-electron chi connectivity index (χ2n) is 7.50. The lowest BCUT2D eigenvalue weighted by molar-refractivity contribution is 0.0548. The van der Waals surface area contributed by atoms with E-state index in [0.29, 0.717) is 13.2 Å². The smallest absolute Gasteiger partial charge is 0.122 e. The molecule has 1 aliphatic rings. The first-order valence-electron chi connectivity index (χ1n) is 10.0. The van der Waals surface area contributed by atoms with Gasteiger partial charge in [-0.25, -0.2) is 0 Å². The van der Waals surface area contributed by atoms with Crippen LogP contribution in [0.4, 0.5) is 0 Å². The summed E-state index contributed by atoms with van der Waals surface area (Å²) >= 11 is 0. The Labute approximate surface area is 163 Å². The van der Waals surface area contributed by atoms with Gasteiger partial charge in [-0.05, 0) is 61.9 Å². The highest BCUT2D eigenvalue weighted by molar-refractivity contribution is 5.34. The number of allylic oxidation sites excluding steroid dienone is 1. The third-order valence-electron chi connectivity index (χ3n) is 5.31. The van der Waals surface area contributed by atoms with Gasteiger partial charge >= 0.3 is 0 Å². The van der Waals surface area contributed by atoms with Gasteiger partial charge in [0.25, 0.3) is 0 Å². The number of ether oxygens (including phenoxy) is 1. The maximum atomic E-state index is 10.4. The summed E-state index contributed by atoms with van der Waals surface area (Å²) in [6, 6.07) is 18.7. The van der Waals surface area contributed by atoms with E-state index in [9.17, 15) is 5.11 Å². The maximum absolute atomic E-state index is 10.4. The Kier molecular flexibility index (Phi) is 7.49. The minimum Gasteiger partial charge on any atom is -0.491 e. The van der Waals surface area contributed by atoms with Crippen LogP contribution in [0.1, 0.15) is 24.0 Å². The van der Waals surface area contributed by atoms with E-state index in [1.807, 2.05) is 30.3 Å². The summed E-state index contributed by atoms with van der Waals surface area (Å²) in [6.07, 6.45) is 5.75. The van der Waals surface area contributed by atoms with Gasteiger partial charge in [-0.3, -0.25) is 0 Å². The Morgan fingerprint density at radius 3 is 2.52 bits per heavy atom. The van der Waals surface area contributed by atoms with E-state index < -0.39 is 6.10 Å². The number of nitrogens with zero attached hydrogens (tertiary/aromatic N) is 1. The van der Waals surface area contributed by atoms with Crippen molar-refractivity contribution in [1.82, 2.24) is 4.90 Å². The SMILES string of the molecule is C=CCc1ccccc1OC[C@H](O)CN1CCC(Cc2ccccc2)CC1. The normalized spacial score (nSPS) is 16.8. The number of benzene rings is 2. The monoisotopic (exact) mass is 365 g/mol. The lowest BCUT2D eigenvalue weighted by Gasteiger charge is -2.33. The fraction of sp³-hybridized carbons (Fsp3) is 0.417. The van der Waals surface area contributed by atoms with Crippen molar-refractivity contribution in [2.24, 2.45) is 5.92 Å². The van der Waals surface area contributed by atoms with Gasteiger partial charge in [0.15, 0.2) is 0 Å². The number of hydrogen-bond acceptors (Lipinski definition) is 3. The number of piperidine rings is 1. The molecule has 144 valence electrons. The molecule has 3 rings (SSSR count). The standard InChI is InChI=1S/C24H31NO2/c1-2-8-22-11-6-7-12-24(22)27-19-23(26)18-25-15-13-21(14-16-25)17-20-9-4-3-5-10-20/h2-7,9-12,21,23,26H,1,8,13-19H2/t23-/m1/s1. The molecule has 1 heterocycles. The van der Waals surface area contributed by atoms with Crippen molar-refractivity contribution in [3.8, 4) is 5.75 Å². The molecule has 1 N–H and O–H groups in total. The van der Waals surface area contributed by atoms with Gasteiger partial charge in [-0.2, -0.15) is 0 Å². The van der Waals surface area contributed by atoms with Crippen molar-refractivity contribution < 1.29 is 9.84 Å². The molecule has 2 aromatic rings. The molecule has 27 heavy (non-hydrogen) atoms. The Hall–Kier alpha value is -2.10. The first kappa shape index (κ1) is 19.7. The second kappa shape index (κ2) is 10.3. The largest absolute Gasteiger partial charge is 0.491 e. The molecule has 3 heteroatoms. The summed E-state index contributed by atoms with van der Waals surface area (Å²) in [4.78, 5) is 2.37. The second-order valence-corrected chi connectivity index (χ2v) is 7.50. The average molecular weight is 366 g/mol. The molecular formula is C24H31NO2. The fourth-order valence-electron chi connectivity index (χ4n) is 3.83. The summed E-state index contributed by atoms with van der Waals surface area (Å²) in [5.41, 5.74) is 2.55. The van der Waals surface area contributed by atoms with E-state index >= 15 is 0 Å². The molecule has 1 aliphatic heterocycles. The summed E-state index contributed by atoms with van der Waals surface area (Å²) in [6.45, 7) is 6.92. The van der Waals surface area contributed by atoms with E-state index in [-0.39, 0.29) is 0 Å². The van der Waals surface area contributed by atoms with Gasteiger partial charge in [-0.15, -0.1) is 6.58 Å². The van der Waals surface area contributed by atoms with E-state index in [0.717, 1.165) is 36.7 Å². The van der Waals surface area contributed by atoms with Crippen molar-refractivity contribution in [3.05, 3.63) is 78.4 Å². The predicted molar refractivity (Wildman–Crippen MR) is 111 cm³/mol. The lowest BCUT2D eigenvalue weighted by atomic mass is 9.90. The first-order valence-corrected chi connectivity index (χ1v) is 10.0. The molecule has 0 bridgehead atoms. The molecule has 0 saturated carbocycles. The first-order chi connectivity index (χ1) is 13.2. The molecule has 1 atom stereocenters. The topological polar surface area (TPSA) is 32.7 Å². The molecule has 2 aromatic carbocycles. The predicted octanol–water partition coefficient (Wildman–Crippen LogP) is 4.11. The average Bonchev–Trinajstić information content (AvgIpc) is 2.70. The summed E-state index contributed by atoms with van der Waals surface area (Å²) in [7, 11) is 0. The van der Waals surface area contributed by atoms with Crippen molar-refractivity contribution in [3.63, 3.8) is 0 Å². The summed E-state index contributed by atoms with van der Waals surface area (Å²) in [5, 5.41) is 10.4.